The van der Waals surface area contributed by atoms with Gasteiger partial charge in [-0.15, -0.1) is 0 Å². The van der Waals surface area contributed by atoms with E-state index in [1.54, 1.807) is 14.0 Å². The summed E-state index contributed by atoms with van der Waals surface area (Å²) < 4.78 is 10.5. The molecule has 0 saturated heterocycles. The lowest BCUT2D eigenvalue weighted by Crippen LogP contribution is -2.27. The first-order chi connectivity index (χ1) is 12.5. The van der Waals surface area contributed by atoms with Gasteiger partial charge in [0, 0.05) is 11.5 Å². The molecule has 1 amide bonds. The number of aromatic amines is 1. The Morgan fingerprint density at radius 1 is 1.31 bits per heavy atom. The lowest BCUT2D eigenvalue weighted by molar-refractivity contribution is 0.0933. The average molecular weight is 355 g/mol. The quantitative estimate of drug-likeness (QED) is 0.704. The van der Waals surface area contributed by atoms with Crippen molar-refractivity contribution in [2.24, 2.45) is 0 Å². The van der Waals surface area contributed by atoms with Crippen LogP contribution in [0.2, 0.25) is 0 Å². The highest BCUT2D eigenvalue weighted by Crippen LogP contribution is 2.25. The van der Waals surface area contributed by atoms with Crippen molar-refractivity contribution in [2.45, 2.75) is 32.7 Å². The molecule has 0 aliphatic carbocycles. The number of H-pyrrole nitrogens is 1. The second-order valence-electron chi connectivity index (χ2n) is 6.23. The number of amides is 1. The topological polar surface area (TPSA) is 106 Å². The number of hydrogen-bond acceptors (Lipinski definition) is 6. The Labute approximate surface area is 151 Å². The fraction of sp³-hybridized carbons (Fsp3) is 0.333. The number of carbonyl (C=O) groups is 1. The third kappa shape index (κ3) is 3.58. The molecule has 8 heteroatoms. The molecule has 0 bridgehead atoms. The monoisotopic (exact) mass is 355 g/mol. The molecule has 0 aliphatic heterocycles. The summed E-state index contributed by atoms with van der Waals surface area (Å²) in [6.07, 6.45) is 1.49. The maximum Gasteiger partial charge on any atom is 0.255 e. The van der Waals surface area contributed by atoms with Crippen LogP contribution in [0.15, 0.2) is 35.0 Å². The fourth-order valence-electron chi connectivity index (χ4n) is 2.45. The number of nitrogens with one attached hydrogen (secondary N) is 2. The molecule has 0 unspecified atom stereocenters. The third-order valence-electron chi connectivity index (χ3n) is 3.93. The van der Waals surface area contributed by atoms with Gasteiger partial charge in [0.05, 0.1) is 24.6 Å². The Morgan fingerprint density at radius 3 is 2.81 bits per heavy atom. The third-order valence-corrected chi connectivity index (χ3v) is 3.93. The number of methoxy groups -OCH3 is 1. The number of carbonyl (C=O) groups excluding carboxylic acids is 1. The zero-order valence-electron chi connectivity index (χ0n) is 15.1. The number of aromatic nitrogens is 4. The minimum atomic E-state index is -0.421. The van der Waals surface area contributed by atoms with E-state index in [9.17, 15) is 4.79 Å². The van der Waals surface area contributed by atoms with Crippen molar-refractivity contribution in [3.05, 3.63) is 47.7 Å². The predicted molar refractivity (Wildman–Crippen MR) is 94.8 cm³/mol. The molecule has 136 valence electrons. The molecule has 8 nitrogen and oxygen atoms in total. The number of benzene rings is 1. The highest BCUT2D eigenvalue weighted by molar-refractivity contribution is 5.99. The molecule has 3 aromatic rings. The van der Waals surface area contributed by atoms with Crippen molar-refractivity contribution < 1.29 is 14.1 Å². The minimum absolute atomic E-state index is 0.156. The highest BCUT2D eigenvalue weighted by Gasteiger charge is 2.21. The second kappa shape index (κ2) is 7.38. The highest BCUT2D eigenvalue weighted by atomic mass is 16.5. The lowest BCUT2D eigenvalue weighted by Gasteiger charge is -2.10. The Balaban J connectivity index is 1.79. The molecule has 1 aromatic carbocycles. The Morgan fingerprint density at radius 2 is 2.12 bits per heavy atom. The molecule has 2 N–H and O–H groups in total. The standard InChI is InChI=1S/C18H21N5O3/c1-10(2)16-21-18(26-23-16)11(3)20-17(24)14-9-19-22-15(14)12-6-5-7-13(8-12)25-4/h5-11H,1-4H3,(H,19,22)(H,20,24)/t11-/m1/s1. The van der Waals surface area contributed by atoms with Crippen LogP contribution in [-0.2, 0) is 0 Å². The molecule has 0 spiro atoms. The molecular weight excluding hydrogens is 334 g/mol. The smallest absolute Gasteiger partial charge is 0.255 e. The summed E-state index contributed by atoms with van der Waals surface area (Å²) in [6, 6.07) is 6.98. The van der Waals surface area contributed by atoms with E-state index in [2.05, 4.69) is 25.7 Å². The Kier molecular flexibility index (Phi) is 5.01. The van der Waals surface area contributed by atoms with Crippen LogP contribution < -0.4 is 10.1 Å². The van der Waals surface area contributed by atoms with E-state index in [0.29, 0.717) is 28.7 Å². The molecule has 1 atom stereocenters. The van der Waals surface area contributed by atoms with E-state index in [-0.39, 0.29) is 11.8 Å². The molecule has 0 fully saturated rings. The van der Waals surface area contributed by atoms with Gasteiger partial charge in [-0.1, -0.05) is 31.1 Å². The summed E-state index contributed by atoms with van der Waals surface area (Å²) in [5.74, 6) is 1.55. The van der Waals surface area contributed by atoms with Crippen LogP contribution in [0.25, 0.3) is 11.3 Å². The van der Waals surface area contributed by atoms with E-state index < -0.39 is 6.04 Å². The van der Waals surface area contributed by atoms with Crippen molar-refractivity contribution in [1.82, 2.24) is 25.7 Å². The first-order valence-corrected chi connectivity index (χ1v) is 8.31. The van der Waals surface area contributed by atoms with Gasteiger partial charge in [0.15, 0.2) is 5.82 Å². The van der Waals surface area contributed by atoms with E-state index in [4.69, 9.17) is 9.26 Å². The Bertz CT molecular complexity index is 900. The van der Waals surface area contributed by atoms with Gasteiger partial charge in [0.2, 0.25) is 5.89 Å². The number of nitrogens with zero attached hydrogens (tertiary/aromatic N) is 3. The molecule has 26 heavy (non-hydrogen) atoms. The summed E-state index contributed by atoms with van der Waals surface area (Å²) in [5, 5.41) is 13.7. The van der Waals surface area contributed by atoms with Gasteiger partial charge < -0.3 is 14.6 Å². The summed E-state index contributed by atoms with van der Waals surface area (Å²) in [4.78, 5) is 17.0. The molecule has 3 rings (SSSR count). The van der Waals surface area contributed by atoms with Crippen LogP contribution >= 0.6 is 0 Å². The van der Waals surface area contributed by atoms with E-state index in [1.807, 2.05) is 38.1 Å². The van der Waals surface area contributed by atoms with Crippen LogP contribution in [0.5, 0.6) is 5.75 Å². The maximum absolute atomic E-state index is 12.7. The van der Waals surface area contributed by atoms with Crippen LogP contribution in [0.3, 0.4) is 0 Å². The van der Waals surface area contributed by atoms with Gasteiger partial charge >= 0.3 is 0 Å². The van der Waals surface area contributed by atoms with E-state index >= 15 is 0 Å². The Hall–Kier alpha value is -3.16. The van der Waals surface area contributed by atoms with Crippen molar-refractivity contribution >= 4 is 5.91 Å². The maximum atomic E-state index is 12.7. The van der Waals surface area contributed by atoms with Crippen molar-refractivity contribution in [1.29, 1.82) is 0 Å². The van der Waals surface area contributed by atoms with Crippen molar-refractivity contribution in [2.75, 3.05) is 7.11 Å². The summed E-state index contributed by atoms with van der Waals surface area (Å²) in [7, 11) is 1.59. The number of ether oxygens (including phenoxy) is 1. The van der Waals surface area contributed by atoms with E-state index in [0.717, 1.165) is 5.56 Å². The molecule has 2 aromatic heterocycles. The van der Waals surface area contributed by atoms with E-state index in [1.165, 1.54) is 6.20 Å². The summed E-state index contributed by atoms with van der Waals surface area (Å²) in [6.45, 7) is 5.74. The van der Waals surface area contributed by atoms with Gasteiger partial charge in [-0.2, -0.15) is 10.1 Å². The van der Waals surface area contributed by atoms with Gasteiger partial charge in [-0.3, -0.25) is 9.89 Å². The summed E-state index contributed by atoms with van der Waals surface area (Å²) >= 11 is 0. The summed E-state index contributed by atoms with van der Waals surface area (Å²) in [5.41, 5.74) is 1.84. The van der Waals surface area contributed by atoms with Gasteiger partial charge in [-0.05, 0) is 19.1 Å². The second-order valence-corrected chi connectivity index (χ2v) is 6.23. The van der Waals surface area contributed by atoms with Crippen molar-refractivity contribution in [3.63, 3.8) is 0 Å². The molecule has 0 aliphatic rings. The van der Waals surface area contributed by atoms with Crippen LogP contribution in [0.1, 0.15) is 54.8 Å². The normalized spacial score (nSPS) is 12.2. The first kappa shape index (κ1) is 17.7. The molecule has 0 saturated carbocycles. The van der Waals surface area contributed by atoms with Gasteiger partial charge in [-0.25, -0.2) is 0 Å². The lowest BCUT2D eigenvalue weighted by atomic mass is 10.1. The van der Waals surface area contributed by atoms with Crippen LogP contribution in [0, 0.1) is 0 Å². The van der Waals surface area contributed by atoms with Crippen molar-refractivity contribution in [3.8, 4) is 17.0 Å². The fourth-order valence-corrected chi connectivity index (χ4v) is 2.45. The SMILES string of the molecule is COc1cccc(-c2[nH]ncc2C(=O)N[C@H](C)c2nc(C(C)C)no2)c1. The van der Waals surface area contributed by atoms with Gasteiger partial charge in [0.1, 0.15) is 11.8 Å². The average Bonchev–Trinajstić information content (AvgIpc) is 3.31. The molecule has 2 heterocycles. The molecule has 0 radical (unpaired) electrons. The predicted octanol–water partition coefficient (Wildman–Crippen LogP) is 3.08. The van der Waals surface area contributed by atoms with Crippen LogP contribution in [0.4, 0.5) is 0 Å². The largest absolute Gasteiger partial charge is 0.497 e. The zero-order chi connectivity index (χ0) is 18.7. The number of hydrogen-bond donors (Lipinski definition) is 2. The first-order valence-electron chi connectivity index (χ1n) is 8.31. The zero-order valence-corrected chi connectivity index (χ0v) is 15.1. The van der Waals surface area contributed by atoms with Crippen LogP contribution in [-0.4, -0.2) is 33.4 Å². The minimum Gasteiger partial charge on any atom is -0.497 e. The number of rotatable bonds is 6. The van der Waals surface area contributed by atoms with Gasteiger partial charge in [0.25, 0.3) is 5.91 Å². The molecular formula is C18H21N5O3.